The molecule has 1 amide bonds. The molecule has 0 saturated heterocycles. The van der Waals surface area contributed by atoms with E-state index in [1.54, 1.807) is 19.0 Å². The van der Waals surface area contributed by atoms with Crippen LogP contribution < -0.4 is 5.32 Å². The smallest absolute Gasteiger partial charge is 0.224 e. The molecule has 0 aliphatic rings. The van der Waals surface area contributed by atoms with Crippen molar-refractivity contribution in [1.82, 2.24) is 10.2 Å². The predicted octanol–water partition coefficient (Wildman–Crippen LogP) is -0.319. The molecule has 4 heteroatoms. The Morgan fingerprint density at radius 3 is 2.46 bits per heavy atom. The standard InChI is InChI=1S/C9H20N2O2/c1-7(2)9(13)11(4)6-8(12)5-10-3/h7-8,10,12H,5-6H2,1-4H3/t8-/m0/s1. The monoisotopic (exact) mass is 188 g/mol. The topological polar surface area (TPSA) is 52.6 Å². The first kappa shape index (κ1) is 12.4. The molecule has 0 aliphatic carbocycles. The average Bonchev–Trinajstić information content (AvgIpc) is 2.03. The fraction of sp³-hybridized carbons (Fsp3) is 0.889. The van der Waals surface area contributed by atoms with Crippen LogP contribution >= 0.6 is 0 Å². The Labute approximate surface area is 79.9 Å². The van der Waals surface area contributed by atoms with Crippen molar-refractivity contribution in [1.29, 1.82) is 0 Å². The molecule has 1 atom stereocenters. The van der Waals surface area contributed by atoms with E-state index in [-0.39, 0.29) is 11.8 Å². The van der Waals surface area contributed by atoms with Crippen LogP contribution in [0.3, 0.4) is 0 Å². The van der Waals surface area contributed by atoms with Crippen LogP contribution in [0.1, 0.15) is 13.8 Å². The van der Waals surface area contributed by atoms with Crippen LogP contribution in [-0.4, -0.2) is 49.2 Å². The summed E-state index contributed by atoms with van der Waals surface area (Å²) in [5.74, 6) is 0.0574. The minimum atomic E-state index is -0.488. The third-order valence-electron chi connectivity index (χ3n) is 1.79. The first-order valence-corrected chi connectivity index (χ1v) is 4.56. The Hall–Kier alpha value is -0.610. The third kappa shape index (κ3) is 4.85. The van der Waals surface area contributed by atoms with Crippen molar-refractivity contribution in [2.24, 2.45) is 5.92 Å². The number of hydrogen-bond acceptors (Lipinski definition) is 3. The molecule has 0 unspecified atom stereocenters. The summed E-state index contributed by atoms with van der Waals surface area (Å²) in [5.41, 5.74) is 0. The number of nitrogens with one attached hydrogen (secondary N) is 1. The molecule has 0 spiro atoms. The van der Waals surface area contributed by atoms with Gasteiger partial charge in [0.2, 0.25) is 5.91 Å². The van der Waals surface area contributed by atoms with Gasteiger partial charge in [-0.05, 0) is 7.05 Å². The highest BCUT2D eigenvalue weighted by atomic mass is 16.3. The molecule has 0 bridgehead atoms. The van der Waals surface area contributed by atoms with Gasteiger partial charge in [0, 0.05) is 26.1 Å². The molecule has 0 aromatic heterocycles. The van der Waals surface area contributed by atoms with E-state index < -0.39 is 6.10 Å². The Morgan fingerprint density at radius 1 is 1.54 bits per heavy atom. The first-order chi connectivity index (χ1) is 5.99. The summed E-state index contributed by atoms with van der Waals surface area (Å²) in [4.78, 5) is 12.9. The number of nitrogens with zero attached hydrogens (tertiary/aromatic N) is 1. The largest absolute Gasteiger partial charge is 0.390 e. The lowest BCUT2D eigenvalue weighted by Crippen LogP contribution is -2.40. The Morgan fingerprint density at radius 2 is 2.08 bits per heavy atom. The van der Waals surface area contributed by atoms with Crippen molar-refractivity contribution in [3.05, 3.63) is 0 Å². The quantitative estimate of drug-likeness (QED) is 0.622. The summed E-state index contributed by atoms with van der Waals surface area (Å²) in [7, 11) is 3.48. The highest BCUT2D eigenvalue weighted by Gasteiger charge is 2.15. The van der Waals surface area contributed by atoms with Gasteiger partial charge >= 0.3 is 0 Å². The summed E-state index contributed by atoms with van der Waals surface area (Å²) >= 11 is 0. The zero-order valence-electron chi connectivity index (χ0n) is 8.87. The summed E-state index contributed by atoms with van der Waals surface area (Å²) < 4.78 is 0. The van der Waals surface area contributed by atoms with E-state index in [0.717, 1.165) is 0 Å². The number of amides is 1. The molecule has 0 aliphatic heterocycles. The fourth-order valence-electron chi connectivity index (χ4n) is 1.15. The average molecular weight is 188 g/mol. The van der Waals surface area contributed by atoms with Crippen molar-refractivity contribution in [2.75, 3.05) is 27.2 Å². The molecular formula is C9H20N2O2. The van der Waals surface area contributed by atoms with E-state index in [2.05, 4.69) is 5.32 Å². The van der Waals surface area contributed by atoms with Gasteiger partial charge in [0.15, 0.2) is 0 Å². The molecule has 0 rings (SSSR count). The van der Waals surface area contributed by atoms with Crippen LogP contribution in [0, 0.1) is 5.92 Å². The highest BCUT2D eigenvalue weighted by Crippen LogP contribution is 1.99. The number of aliphatic hydroxyl groups excluding tert-OH is 1. The minimum Gasteiger partial charge on any atom is -0.390 e. The maximum atomic E-state index is 11.4. The van der Waals surface area contributed by atoms with Crippen molar-refractivity contribution < 1.29 is 9.90 Å². The summed E-state index contributed by atoms with van der Waals surface area (Å²) in [5, 5.41) is 12.2. The second kappa shape index (κ2) is 5.94. The molecule has 13 heavy (non-hydrogen) atoms. The number of rotatable bonds is 5. The molecule has 0 fully saturated rings. The first-order valence-electron chi connectivity index (χ1n) is 4.56. The number of aliphatic hydroxyl groups is 1. The SMILES string of the molecule is CNC[C@H](O)CN(C)C(=O)C(C)C. The van der Waals surface area contributed by atoms with Gasteiger partial charge in [0.25, 0.3) is 0 Å². The molecular weight excluding hydrogens is 168 g/mol. The van der Waals surface area contributed by atoms with Crippen LogP contribution in [0.15, 0.2) is 0 Å². The molecule has 0 aromatic rings. The predicted molar refractivity (Wildman–Crippen MR) is 52.4 cm³/mol. The normalized spacial score (nSPS) is 13.1. The maximum Gasteiger partial charge on any atom is 0.224 e. The summed E-state index contributed by atoms with van der Waals surface area (Å²) in [6.45, 7) is 4.60. The van der Waals surface area contributed by atoms with E-state index in [0.29, 0.717) is 13.1 Å². The van der Waals surface area contributed by atoms with E-state index in [4.69, 9.17) is 0 Å². The second-order valence-corrected chi connectivity index (χ2v) is 3.58. The molecule has 0 saturated carbocycles. The lowest BCUT2D eigenvalue weighted by molar-refractivity contribution is -0.134. The molecule has 4 nitrogen and oxygen atoms in total. The van der Waals surface area contributed by atoms with Crippen LogP contribution in [0.25, 0.3) is 0 Å². The molecule has 0 heterocycles. The molecule has 2 N–H and O–H groups in total. The Bertz CT molecular complexity index is 160. The lowest BCUT2D eigenvalue weighted by atomic mass is 10.2. The van der Waals surface area contributed by atoms with Gasteiger partial charge in [-0.25, -0.2) is 0 Å². The molecule has 0 radical (unpaired) electrons. The third-order valence-corrected chi connectivity index (χ3v) is 1.79. The van der Waals surface area contributed by atoms with Gasteiger partial charge in [0.05, 0.1) is 6.10 Å². The van der Waals surface area contributed by atoms with Gasteiger partial charge in [-0.1, -0.05) is 13.8 Å². The van der Waals surface area contributed by atoms with Crippen molar-refractivity contribution in [2.45, 2.75) is 20.0 Å². The van der Waals surface area contributed by atoms with Crippen LogP contribution in [0.5, 0.6) is 0 Å². The summed E-state index contributed by atoms with van der Waals surface area (Å²) in [6.07, 6.45) is -0.488. The van der Waals surface area contributed by atoms with Gasteiger partial charge in [-0.2, -0.15) is 0 Å². The van der Waals surface area contributed by atoms with Gasteiger partial charge < -0.3 is 15.3 Å². The lowest BCUT2D eigenvalue weighted by Gasteiger charge is -2.22. The van der Waals surface area contributed by atoms with Crippen molar-refractivity contribution in [3.63, 3.8) is 0 Å². The Kier molecular flexibility index (Phi) is 5.66. The van der Waals surface area contributed by atoms with Crippen LogP contribution in [0.4, 0.5) is 0 Å². The summed E-state index contributed by atoms with van der Waals surface area (Å²) in [6, 6.07) is 0. The fourth-order valence-corrected chi connectivity index (χ4v) is 1.15. The van der Waals surface area contributed by atoms with Crippen molar-refractivity contribution >= 4 is 5.91 Å². The number of likely N-dealkylation sites (N-methyl/N-ethyl adjacent to an activating group) is 2. The van der Waals surface area contributed by atoms with E-state index in [1.807, 2.05) is 13.8 Å². The van der Waals surface area contributed by atoms with Gasteiger partial charge in [-0.15, -0.1) is 0 Å². The number of hydrogen-bond donors (Lipinski definition) is 2. The molecule has 78 valence electrons. The highest BCUT2D eigenvalue weighted by molar-refractivity contribution is 5.77. The van der Waals surface area contributed by atoms with Gasteiger partial charge in [-0.3, -0.25) is 4.79 Å². The minimum absolute atomic E-state index is 0.00761. The Balaban J connectivity index is 3.85. The van der Waals surface area contributed by atoms with Gasteiger partial charge in [0.1, 0.15) is 0 Å². The maximum absolute atomic E-state index is 11.4. The van der Waals surface area contributed by atoms with E-state index in [1.165, 1.54) is 0 Å². The van der Waals surface area contributed by atoms with Crippen molar-refractivity contribution in [3.8, 4) is 0 Å². The van der Waals surface area contributed by atoms with E-state index >= 15 is 0 Å². The molecule has 0 aromatic carbocycles. The van der Waals surface area contributed by atoms with E-state index in [9.17, 15) is 9.90 Å². The zero-order chi connectivity index (χ0) is 10.4. The van der Waals surface area contributed by atoms with Crippen LogP contribution in [0.2, 0.25) is 0 Å². The number of carbonyl (C=O) groups is 1. The van der Waals surface area contributed by atoms with Crippen LogP contribution in [-0.2, 0) is 4.79 Å². The zero-order valence-corrected chi connectivity index (χ0v) is 8.87. The number of carbonyl (C=O) groups excluding carboxylic acids is 1. The second-order valence-electron chi connectivity index (χ2n) is 3.58.